The number of hydrogen-bond acceptors (Lipinski definition) is 2. The molecule has 4 heteroatoms. The van der Waals surface area contributed by atoms with Crippen LogP contribution in [0.5, 0.6) is 0 Å². The van der Waals surface area contributed by atoms with Crippen molar-refractivity contribution in [3.05, 3.63) is 70.8 Å². The number of carbonyl (C=O) groups excluding carboxylic acids is 2. The molecule has 1 N–H and O–H groups in total. The van der Waals surface area contributed by atoms with Crippen molar-refractivity contribution in [3.8, 4) is 0 Å². The van der Waals surface area contributed by atoms with Crippen molar-refractivity contribution in [1.82, 2.24) is 10.2 Å². The molecule has 0 spiro atoms. The normalized spacial score (nSPS) is 21.5. The Balaban J connectivity index is 1.40. The average molecular weight is 360 g/mol. The molecule has 1 heterocycles. The van der Waals surface area contributed by atoms with Gasteiger partial charge in [0.15, 0.2) is 0 Å². The summed E-state index contributed by atoms with van der Waals surface area (Å²) in [6.07, 6.45) is 4.49. The predicted molar refractivity (Wildman–Crippen MR) is 103 cm³/mol. The van der Waals surface area contributed by atoms with Gasteiger partial charge in [0.05, 0.1) is 0 Å². The third-order valence-corrected chi connectivity index (χ3v) is 6.14. The van der Waals surface area contributed by atoms with E-state index in [1.807, 2.05) is 23.1 Å². The van der Waals surface area contributed by atoms with Gasteiger partial charge in [-0.3, -0.25) is 9.59 Å². The highest BCUT2D eigenvalue weighted by molar-refractivity contribution is 5.91. The standard InChI is InChI=1S/C23H24N2O2/c26-22(24-19-13-17-6-1-2-7-18(17)14-19)21-20-8-4-3-5-15(20)11-12-25(21)23(27)16-9-10-16/h1-8,16,19,21H,9-14H2,(H,24,26). The fourth-order valence-corrected chi connectivity index (χ4v) is 4.59. The van der Waals surface area contributed by atoms with Gasteiger partial charge in [0.25, 0.3) is 0 Å². The van der Waals surface area contributed by atoms with E-state index in [-0.39, 0.29) is 23.8 Å². The van der Waals surface area contributed by atoms with Crippen molar-refractivity contribution in [2.24, 2.45) is 5.92 Å². The van der Waals surface area contributed by atoms with Crippen molar-refractivity contribution in [2.45, 2.75) is 44.2 Å². The second kappa shape index (κ2) is 6.52. The third-order valence-electron chi connectivity index (χ3n) is 6.14. The molecule has 2 amide bonds. The maximum absolute atomic E-state index is 13.3. The van der Waals surface area contributed by atoms with Gasteiger partial charge in [-0.05, 0) is 54.4 Å². The molecule has 0 saturated heterocycles. The highest BCUT2D eigenvalue weighted by atomic mass is 16.2. The van der Waals surface area contributed by atoms with E-state index >= 15 is 0 Å². The minimum Gasteiger partial charge on any atom is -0.351 e. The smallest absolute Gasteiger partial charge is 0.247 e. The van der Waals surface area contributed by atoms with Crippen molar-refractivity contribution >= 4 is 11.8 Å². The maximum Gasteiger partial charge on any atom is 0.247 e. The molecule has 4 nitrogen and oxygen atoms in total. The number of hydrogen-bond donors (Lipinski definition) is 1. The fraction of sp³-hybridized carbons (Fsp3) is 0.391. The van der Waals surface area contributed by atoms with Crippen LogP contribution in [0.4, 0.5) is 0 Å². The summed E-state index contributed by atoms with van der Waals surface area (Å²) in [4.78, 5) is 28.0. The van der Waals surface area contributed by atoms with E-state index in [2.05, 4.69) is 35.6 Å². The lowest BCUT2D eigenvalue weighted by molar-refractivity contribution is -0.142. The Morgan fingerprint density at radius 3 is 2.19 bits per heavy atom. The molecule has 1 unspecified atom stereocenters. The first-order valence-electron chi connectivity index (χ1n) is 9.96. The van der Waals surface area contributed by atoms with Crippen LogP contribution in [0.2, 0.25) is 0 Å². The van der Waals surface area contributed by atoms with E-state index in [4.69, 9.17) is 0 Å². The Morgan fingerprint density at radius 1 is 0.889 bits per heavy atom. The molecule has 0 bridgehead atoms. The molecule has 1 fully saturated rings. The lowest BCUT2D eigenvalue weighted by Crippen LogP contribution is -2.50. The summed E-state index contributed by atoms with van der Waals surface area (Å²) in [5.41, 5.74) is 4.81. The van der Waals surface area contributed by atoms with Crippen LogP contribution >= 0.6 is 0 Å². The van der Waals surface area contributed by atoms with Gasteiger partial charge in [-0.1, -0.05) is 48.5 Å². The zero-order chi connectivity index (χ0) is 18.4. The Labute approximate surface area is 159 Å². The first kappa shape index (κ1) is 16.5. The number of benzene rings is 2. The summed E-state index contributed by atoms with van der Waals surface area (Å²) in [5, 5.41) is 3.25. The van der Waals surface area contributed by atoms with E-state index in [0.717, 1.165) is 37.7 Å². The van der Waals surface area contributed by atoms with E-state index < -0.39 is 6.04 Å². The van der Waals surface area contributed by atoms with Crippen LogP contribution in [0, 0.1) is 5.92 Å². The lowest BCUT2D eigenvalue weighted by Gasteiger charge is -2.37. The second-order valence-corrected chi connectivity index (χ2v) is 8.04. The molecule has 1 atom stereocenters. The highest BCUT2D eigenvalue weighted by Crippen LogP contribution is 2.37. The van der Waals surface area contributed by atoms with Gasteiger partial charge in [0, 0.05) is 18.5 Å². The summed E-state index contributed by atoms with van der Waals surface area (Å²) >= 11 is 0. The minimum atomic E-state index is -0.494. The third kappa shape index (κ3) is 3.03. The number of rotatable bonds is 3. The summed E-state index contributed by atoms with van der Waals surface area (Å²) in [7, 11) is 0. The van der Waals surface area contributed by atoms with Gasteiger partial charge in [0.2, 0.25) is 11.8 Å². The highest BCUT2D eigenvalue weighted by Gasteiger charge is 2.42. The fourth-order valence-electron chi connectivity index (χ4n) is 4.59. The van der Waals surface area contributed by atoms with Crippen molar-refractivity contribution in [2.75, 3.05) is 6.54 Å². The molecule has 1 saturated carbocycles. The van der Waals surface area contributed by atoms with Gasteiger partial charge < -0.3 is 10.2 Å². The van der Waals surface area contributed by atoms with E-state index in [0.29, 0.717) is 6.54 Å². The van der Waals surface area contributed by atoms with Crippen LogP contribution in [-0.2, 0) is 28.9 Å². The Morgan fingerprint density at radius 2 is 1.52 bits per heavy atom. The first-order chi connectivity index (χ1) is 13.2. The van der Waals surface area contributed by atoms with Gasteiger partial charge in [-0.25, -0.2) is 0 Å². The molecule has 3 aliphatic rings. The minimum absolute atomic E-state index is 0.0334. The molecule has 2 aromatic carbocycles. The van der Waals surface area contributed by atoms with Crippen molar-refractivity contribution < 1.29 is 9.59 Å². The van der Waals surface area contributed by atoms with Crippen molar-refractivity contribution in [1.29, 1.82) is 0 Å². The SMILES string of the molecule is O=C(NC1Cc2ccccc2C1)C1c2ccccc2CCN1C(=O)C1CC1. The number of fused-ring (bicyclic) bond motifs is 2. The van der Waals surface area contributed by atoms with Gasteiger partial charge in [0.1, 0.15) is 6.04 Å². The number of amides is 2. The second-order valence-electron chi connectivity index (χ2n) is 8.04. The Bertz CT molecular complexity index is 878. The van der Waals surface area contributed by atoms with Crippen LogP contribution in [-0.4, -0.2) is 29.3 Å². The van der Waals surface area contributed by atoms with Crippen LogP contribution in [0.15, 0.2) is 48.5 Å². The lowest BCUT2D eigenvalue weighted by atomic mass is 9.91. The van der Waals surface area contributed by atoms with E-state index in [9.17, 15) is 9.59 Å². The molecular weight excluding hydrogens is 336 g/mol. The summed E-state index contributed by atoms with van der Waals surface area (Å²) < 4.78 is 0. The van der Waals surface area contributed by atoms with E-state index in [1.165, 1.54) is 16.7 Å². The molecule has 2 aromatic rings. The van der Waals surface area contributed by atoms with Gasteiger partial charge in [-0.15, -0.1) is 0 Å². The maximum atomic E-state index is 13.3. The quantitative estimate of drug-likeness (QED) is 0.915. The molecular formula is C23H24N2O2. The van der Waals surface area contributed by atoms with Crippen LogP contribution < -0.4 is 5.32 Å². The first-order valence-corrected chi connectivity index (χ1v) is 9.96. The zero-order valence-electron chi connectivity index (χ0n) is 15.4. The topological polar surface area (TPSA) is 49.4 Å². The predicted octanol–water partition coefficient (Wildman–Crippen LogP) is 2.81. The van der Waals surface area contributed by atoms with Gasteiger partial charge in [-0.2, -0.15) is 0 Å². The number of carbonyl (C=O) groups is 2. The van der Waals surface area contributed by atoms with E-state index in [1.54, 1.807) is 0 Å². The largest absolute Gasteiger partial charge is 0.351 e. The average Bonchev–Trinajstić information content (AvgIpc) is 3.46. The molecule has 1 aliphatic heterocycles. The zero-order valence-corrected chi connectivity index (χ0v) is 15.4. The Kier molecular flexibility index (Phi) is 4.00. The number of nitrogens with one attached hydrogen (secondary N) is 1. The van der Waals surface area contributed by atoms with Gasteiger partial charge >= 0.3 is 0 Å². The molecule has 27 heavy (non-hydrogen) atoms. The monoisotopic (exact) mass is 360 g/mol. The molecule has 0 radical (unpaired) electrons. The molecule has 2 aliphatic carbocycles. The molecule has 5 rings (SSSR count). The number of nitrogens with zero attached hydrogens (tertiary/aromatic N) is 1. The van der Waals surface area contributed by atoms with Crippen molar-refractivity contribution in [3.63, 3.8) is 0 Å². The molecule has 0 aromatic heterocycles. The van der Waals surface area contributed by atoms with Crippen LogP contribution in [0.25, 0.3) is 0 Å². The summed E-state index contributed by atoms with van der Waals surface area (Å²) in [6, 6.07) is 16.1. The van der Waals surface area contributed by atoms with Crippen LogP contribution in [0.1, 0.15) is 41.1 Å². The van der Waals surface area contributed by atoms with Crippen LogP contribution in [0.3, 0.4) is 0 Å². The molecule has 138 valence electrons. The summed E-state index contributed by atoms with van der Waals surface area (Å²) in [5.74, 6) is 0.245. The Hall–Kier alpha value is -2.62. The summed E-state index contributed by atoms with van der Waals surface area (Å²) in [6.45, 7) is 0.634.